The van der Waals surface area contributed by atoms with Gasteiger partial charge in [-0.25, -0.2) is 0 Å². The molecule has 3 nitrogen and oxygen atoms in total. The number of esters is 1. The number of hydrogen-bond donors (Lipinski definition) is 0. The van der Waals surface area contributed by atoms with Crippen LogP contribution in [-0.2, 0) is 9.53 Å². The Morgan fingerprint density at radius 2 is 1.13 bits per heavy atom. The first kappa shape index (κ1) is 29.9. The molecule has 0 spiro atoms. The molecule has 30 heavy (non-hydrogen) atoms. The lowest BCUT2D eigenvalue weighted by molar-refractivity contribution is -0.913. The number of carbonyl (C=O) groups is 1. The normalized spacial score (nSPS) is 21.2. The van der Waals surface area contributed by atoms with Crippen molar-refractivity contribution in [1.29, 1.82) is 0 Å². The first-order chi connectivity index (χ1) is 14.1. The van der Waals surface area contributed by atoms with Gasteiger partial charge in [0.15, 0.2) is 0 Å². The van der Waals surface area contributed by atoms with E-state index in [0.717, 1.165) is 36.8 Å². The molecule has 0 bridgehead atoms. The zero-order chi connectivity index (χ0) is 21.2. The molecule has 0 N–H and O–H groups in total. The quantitative estimate of drug-likeness (QED) is 0.162. The maximum absolute atomic E-state index is 12.0. The van der Waals surface area contributed by atoms with Crippen molar-refractivity contribution in [2.75, 3.05) is 26.7 Å². The highest BCUT2D eigenvalue weighted by Gasteiger charge is 2.30. The monoisotopic (exact) mass is 489 g/mol. The van der Waals surface area contributed by atoms with Gasteiger partial charge in [0, 0.05) is 19.3 Å². The molecule has 1 fully saturated rings. The summed E-state index contributed by atoms with van der Waals surface area (Å²) in [5.74, 6) is 0.0392. The summed E-state index contributed by atoms with van der Waals surface area (Å²) in [6, 6.07) is 0. The lowest BCUT2D eigenvalue weighted by atomic mass is 10.0. The number of piperidine rings is 1. The Bertz CT molecular complexity index is 394. The number of halogens is 1. The Hall–Kier alpha value is -0.0900. The number of carbonyl (C=O) groups excluding carboxylic acids is 1. The summed E-state index contributed by atoms with van der Waals surface area (Å²) in [7, 11) is 2.31. The Morgan fingerprint density at radius 3 is 1.53 bits per heavy atom. The lowest BCUT2D eigenvalue weighted by Gasteiger charge is -2.39. The van der Waals surface area contributed by atoms with Gasteiger partial charge in [-0.1, -0.05) is 96.8 Å². The molecule has 1 aliphatic rings. The molecule has 0 aromatic carbocycles. The number of unbranched alkanes of at least 4 members (excludes halogenated alkanes) is 14. The summed E-state index contributed by atoms with van der Waals surface area (Å²) >= 11 is 0. The molecule has 1 aliphatic heterocycles. The van der Waals surface area contributed by atoms with Crippen molar-refractivity contribution in [2.24, 2.45) is 0 Å². The van der Waals surface area contributed by atoms with Crippen molar-refractivity contribution >= 4 is 5.97 Å². The zero-order valence-electron chi connectivity index (χ0n) is 20.6. The van der Waals surface area contributed by atoms with Gasteiger partial charge in [-0.05, 0) is 13.3 Å². The van der Waals surface area contributed by atoms with Crippen molar-refractivity contribution in [3.8, 4) is 0 Å². The molecule has 0 amide bonds. The van der Waals surface area contributed by atoms with Crippen LogP contribution in [0.1, 0.15) is 129 Å². The molecule has 0 saturated carbocycles. The molecule has 180 valence electrons. The fraction of sp³-hybridized carbons (Fsp3) is 0.962. The molecule has 0 aromatic heterocycles. The summed E-state index contributed by atoms with van der Waals surface area (Å²) in [6.07, 6.45) is 23.3. The summed E-state index contributed by atoms with van der Waals surface area (Å²) in [6.45, 7) is 8.01. The Labute approximate surface area is 199 Å². The maximum atomic E-state index is 12.0. The molecule has 1 saturated heterocycles. The molecular formula is C26H52BrNO2. The molecule has 1 rings (SSSR count). The molecule has 0 atom stereocenters. The SMILES string of the molecule is CCCCCCCCCCCCCCCCCC(=O)OC1CC[N+](C)(CC)CC1.[Br-]. The van der Waals surface area contributed by atoms with Crippen LogP contribution in [0.3, 0.4) is 0 Å². The largest absolute Gasteiger partial charge is 1.00 e. The average molecular weight is 491 g/mol. The van der Waals surface area contributed by atoms with Crippen LogP contribution in [0.5, 0.6) is 0 Å². The minimum Gasteiger partial charge on any atom is -1.00 e. The van der Waals surface area contributed by atoms with Gasteiger partial charge in [-0.15, -0.1) is 0 Å². The smallest absolute Gasteiger partial charge is 0.306 e. The highest BCUT2D eigenvalue weighted by Crippen LogP contribution is 2.20. The van der Waals surface area contributed by atoms with Crippen molar-refractivity contribution in [3.63, 3.8) is 0 Å². The van der Waals surface area contributed by atoms with Crippen LogP contribution in [0, 0.1) is 0 Å². The number of hydrogen-bond acceptors (Lipinski definition) is 2. The van der Waals surface area contributed by atoms with Crippen LogP contribution in [0.2, 0.25) is 0 Å². The van der Waals surface area contributed by atoms with E-state index >= 15 is 0 Å². The molecule has 0 radical (unpaired) electrons. The summed E-state index contributed by atoms with van der Waals surface area (Å²) in [5, 5.41) is 0. The molecule has 0 unspecified atom stereocenters. The summed E-state index contributed by atoms with van der Waals surface area (Å²) in [5.41, 5.74) is 0. The second kappa shape index (κ2) is 19.6. The average Bonchev–Trinajstić information content (AvgIpc) is 2.72. The van der Waals surface area contributed by atoms with Crippen LogP contribution in [0.15, 0.2) is 0 Å². The number of ether oxygens (including phenoxy) is 1. The summed E-state index contributed by atoms with van der Waals surface area (Å²) in [4.78, 5) is 12.0. The van der Waals surface area contributed by atoms with Crippen LogP contribution < -0.4 is 17.0 Å². The molecule has 0 aromatic rings. The second-order valence-corrected chi connectivity index (χ2v) is 9.77. The van der Waals surface area contributed by atoms with E-state index in [0.29, 0.717) is 6.42 Å². The van der Waals surface area contributed by atoms with Crippen LogP contribution in [0.4, 0.5) is 0 Å². The first-order valence-corrected chi connectivity index (χ1v) is 13.1. The van der Waals surface area contributed by atoms with Crippen molar-refractivity contribution in [1.82, 2.24) is 0 Å². The Kier molecular flexibility index (Phi) is 19.5. The van der Waals surface area contributed by atoms with E-state index < -0.39 is 0 Å². The minimum atomic E-state index is 0. The highest BCUT2D eigenvalue weighted by molar-refractivity contribution is 5.69. The molecule has 1 heterocycles. The minimum absolute atomic E-state index is 0. The standard InChI is InChI=1S/C26H52NO2.BrH/c1-4-6-7-8-9-10-11-12-13-14-15-16-17-18-19-20-26(28)29-25-21-23-27(3,5-2)24-22-25;/h25H,4-24H2,1-3H3;1H/q+1;/p-1. The van der Waals surface area contributed by atoms with Crippen molar-refractivity contribution < 1.29 is 31.0 Å². The van der Waals surface area contributed by atoms with Crippen LogP contribution in [-0.4, -0.2) is 43.2 Å². The van der Waals surface area contributed by atoms with E-state index in [-0.39, 0.29) is 29.1 Å². The molecule has 0 aliphatic carbocycles. The summed E-state index contributed by atoms with van der Waals surface area (Å²) < 4.78 is 6.83. The fourth-order valence-electron chi connectivity index (χ4n) is 4.49. The lowest BCUT2D eigenvalue weighted by Crippen LogP contribution is -3.00. The number of quaternary nitrogens is 1. The van der Waals surface area contributed by atoms with Crippen molar-refractivity contribution in [2.45, 2.75) is 136 Å². The van der Waals surface area contributed by atoms with Gasteiger partial charge in [-0.2, -0.15) is 0 Å². The van der Waals surface area contributed by atoms with Gasteiger partial charge in [0.05, 0.1) is 26.7 Å². The number of likely N-dealkylation sites (tertiary alicyclic amines) is 1. The predicted molar refractivity (Wildman–Crippen MR) is 125 cm³/mol. The zero-order valence-corrected chi connectivity index (χ0v) is 22.2. The van der Waals surface area contributed by atoms with E-state index in [9.17, 15) is 4.79 Å². The van der Waals surface area contributed by atoms with E-state index in [2.05, 4.69) is 20.9 Å². The van der Waals surface area contributed by atoms with Crippen LogP contribution in [0.25, 0.3) is 0 Å². The third-order valence-corrected chi connectivity index (χ3v) is 7.03. The van der Waals surface area contributed by atoms with E-state index in [1.807, 2.05) is 0 Å². The van der Waals surface area contributed by atoms with Crippen molar-refractivity contribution in [3.05, 3.63) is 0 Å². The third kappa shape index (κ3) is 15.7. The van der Waals surface area contributed by atoms with Gasteiger partial charge in [0.1, 0.15) is 6.10 Å². The van der Waals surface area contributed by atoms with Gasteiger partial charge in [0.2, 0.25) is 0 Å². The fourth-order valence-corrected chi connectivity index (χ4v) is 4.49. The maximum Gasteiger partial charge on any atom is 0.306 e. The Morgan fingerprint density at radius 1 is 0.733 bits per heavy atom. The van der Waals surface area contributed by atoms with Gasteiger partial charge in [-0.3, -0.25) is 4.79 Å². The number of rotatable bonds is 18. The van der Waals surface area contributed by atoms with Crippen LogP contribution >= 0.6 is 0 Å². The van der Waals surface area contributed by atoms with E-state index in [1.165, 1.54) is 96.4 Å². The molecule has 4 heteroatoms. The number of nitrogens with zero attached hydrogens (tertiary/aromatic N) is 1. The molecular weight excluding hydrogens is 438 g/mol. The van der Waals surface area contributed by atoms with E-state index in [4.69, 9.17) is 4.74 Å². The van der Waals surface area contributed by atoms with Gasteiger partial charge < -0.3 is 26.2 Å². The second-order valence-electron chi connectivity index (χ2n) is 9.77. The topological polar surface area (TPSA) is 26.3 Å². The first-order valence-electron chi connectivity index (χ1n) is 13.1. The third-order valence-electron chi connectivity index (χ3n) is 7.03. The van der Waals surface area contributed by atoms with E-state index in [1.54, 1.807) is 0 Å². The Balaban J connectivity index is 0.00000841. The van der Waals surface area contributed by atoms with Gasteiger partial charge >= 0.3 is 5.97 Å². The highest BCUT2D eigenvalue weighted by atomic mass is 79.9. The van der Waals surface area contributed by atoms with Gasteiger partial charge in [0.25, 0.3) is 0 Å². The predicted octanol–water partition coefficient (Wildman–Crippen LogP) is 4.42.